The highest BCUT2D eigenvalue weighted by Gasteiger charge is 2.34. The summed E-state index contributed by atoms with van der Waals surface area (Å²) in [5, 5.41) is 5.54. The highest BCUT2D eigenvalue weighted by Crippen LogP contribution is 2.36. The first-order chi connectivity index (χ1) is 14.3. The lowest BCUT2D eigenvalue weighted by Crippen LogP contribution is -2.40. The van der Waals surface area contributed by atoms with Crippen LogP contribution in [0.2, 0.25) is 5.02 Å². The molecular weight excluding hydrogens is 413 g/mol. The number of carbonyl (C=O) groups is 1. The van der Waals surface area contributed by atoms with Gasteiger partial charge >= 0.3 is 6.18 Å². The summed E-state index contributed by atoms with van der Waals surface area (Å²) in [6.07, 6.45) is -4.64. The first-order valence-electron chi connectivity index (χ1n) is 9.29. The number of alkyl halides is 3. The minimum Gasteiger partial charge on any atom is -0.324 e. The second-order valence-corrected chi connectivity index (χ2v) is 7.26. The van der Waals surface area contributed by atoms with Crippen LogP contribution in [0.15, 0.2) is 78.9 Å². The predicted octanol–water partition coefficient (Wildman–Crippen LogP) is 6.07. The standard InChI is InChI=1S/C23H20ClF3N2O/c1-15(22(30)29-20-13-12-18(24)14-19(20)23(25,26)27)28-21(16-8-4-2-5-9-16)17-10-6-3-7-11-17/h2-15,21,28H,1H3,(H,29,30)/t15-/m1/s1. The smallest absolute Gasteiger partial charge is 0.324 e. The van der Waals surface area contributed by atoms with Crippen LogP contribution in [-0.4, -0.2) is 11.9 Å². The highest BCUT2D eigenvalue weighted by molar-refractivity contribution is 6.30. The molecule has 0 spiro atoms. The molecule has 156 valence electrons. The molecule has 0 saturated carbocycles. The summed E-state index contributed by atoms with van der Waals surface area (Å²) in [6.45, 7) is 1.61. The van der Waals surface area contributed by atoms with E-state index >= 15 is 0 Å². The van der Waals surface area contributed by atoms with E-state index in [0.717, 1.165) is 23.3 Å². The first-order valence-corrected chi connectivity index (χ1v) is 9.67. The predicted molar refractivity (Wildman–Crippen MR) is 112 cm³/mol. The fourth-order valence-corrected chi connectivity index (χ4v) is 3.27. The number of halogens is 4. The van der Waals surface area contributed by atoms with Gasteiger partial charge in [-0.1, -0.05) is 72.3 Å². The van der Waals surface area contributed by atoms with Crippen molar-refractivity contribution in [2.75, 3.05) is 5.32 Å². The Kier molecular flexibility index (Phi) is 6.80. The van der Waals surface area contributed by atoms with Crippen LogP contribution in [0.25, 0.3) is 0 Å². The van der Waals surface area contributed by atoms with Gasteiger partial charge < -0.3 is 5.32 Å². The number of hydrogen-bond donors (Lipinski definition) is 2. The van der Waals surface area contributed by atoms with Gasteiger partial charge in [0.15, 0.2) is 0 Å². The van der Waals surface area contributed by atoms with Crippen molar-refractivity contribution in [1.82, 2.24) is 5.32 Å². The van der Waals surface area contributed by atoms with E-state index in [1.54, 1.807) is 6.92 Å². The van der Waals surface area contributed by atoms with Crippen LogP contribution in [0.5, 0.6) is 0 Å². The maximum absolute atomic E-state index is 13.3. The SMILES string of the molecule is C[C@@H](NC(c1ccccc1)c1ccccc1)C(=O)Nc1ccc(Cl)cc1C(F)(F)F. The molecule has 7 heteroatoms. The van der Waals surface area contributed by atoms with Crippen molar-refractivity contribution >= 4 is 23.2 Å². The fourth-order valence-electron chi connectivity index (χ4n) is 3.10. The van der Waals surface area contributed by atoms with E-state index in [1.807, 2.05) is 60.7 Å². The molecule has 0 aromatic heterocycles. The minimum atomic E-state index is -4.64. The average Bonchev–Trinajstić information content (AvgIpc) is 2.73. The van der Waals surface area contributed by atoms with Gasteiger partial charge in [-0.25, -0.2) is 0 Å². The Morgan fingerprint density at radius 2 is 1.43 bits per heavy atom. The average molecular weight is 433 g/mol. The molecule has 3 aromatic carbocycles. The van der Waals surface area contributed by atoms with E-state index in [-0.39, 0.29) is 16.8 Å². The molecule has 0 radical (unpaired) electrons. The van der Waals surface area contributed by atoms with Crippen molar-refractivity contribution in [3.05, 3.63) is 101 Å². The van der Waals surface area contributed by atoms with E-state index < -0.39 is 23.7 Å². The van der Waals surface area contributed by atoms with Gasteiger partial charge in [0.1, 0.15) is 0 Å². The number of amides is 1. The molecule has 1 amide bonds. The van der Waals surface area contributed by atoms with Gasteiger partial charge in [0, 0.05) is 5.02 Å². The third-order valence-electron chi connectivity index (χ3n) is 4.62. The largest absolute Gasteiger partial charge is 0.418 e. The van der Waals surface area contributed by atoms with Gasteiger partial charge in [-0.05, 0) is 36.2 Å². The van der Waals surface area contributed by atoms with Crippen molar-refractivity contribution in [3.8, 4) is 0 Å². The van der Waals surface area contributed by atoms with Crippen LogP contribution < -0.4 is 10.6 Å². The van der Waals surface area contributed by atoms with E-state index in [0.29, 0.717) is 0 Å². The number of hydrogen-bond acceptors (Lipinski definition) is 2. The quantitative estimate of drug-likeness (QED) is 0.496. The van der Waals surface area contributed by atoms with Crippen LogP contribution >= 0.6 is 11.6 Å². The maximum atomic E-state index is 13.3. The molecule has 0 unspecified atom stereocenters. The Balaban J connectivity index is 1.82. The lowest BCUT2D eigenvalue weighted by Gasteiger charge is -2.24. The monoisotopic (exact) mass is 432 g/mol. The number of nitrogens with one attached hydrogen (secondary N) is 2. The molecule has 0 heterocycles. The first kappa shape index (κ1) is 21.9. The molecule has 1 atom stereocenters. The third-order valence-corrected chi connectivity index (χ3v) is 4.86. The fraction of sp³-hybridized carbons (Fsp3) is 0.174. The molecule has 0 fully saturated rings. The van der Waals surface area contributed by atoms with Crippen LogP contribution in [0.4, 0.5) is 18.9 Å². The van der Waals surface area contributed by atoms with Gasteiger partial charge in [0.05, 0.1) is 23.3 Å². The Morgan fingerprint density at radius 3 is 1.93 bits per heavy atom. The third kappa shape index (κ3) is 5.40. The van der Waals surface area contributed by atoms with E-state index in [4.69, 9.17) is 11.6 Å². The molecule has 0 saturated heterocycles. The molecule has 3 nitrogen and oxygen atoms in total. The summed E-state index contributed by atoms with van der Waals surface area (Å²) < 4.78 is 39.9. The van der Waals surface area contributed by atoms with Crippen LogP contribution in [-0.2, 0) is 11.0 Å². The van der Waals surface area contributed by atoms with Crippen molar-refractivity contribution < 1.29 is 18.0 Å². The molecule has 0 aliphatic rings. The Bertz CT molecular complexity index is 955. The van der Waals surface area contributed by atoms with Crippen LogP contribution in [0.1, 0.15) is 29.7 Å². The Morgan fingerprint density at radius 1 is 0.900 bits per heavy atom. The summed E-state index contributed by atoms with van der Waals surface area (Å²) in [6, 6.07) is 21.2. The van der Waals surface area contributed by atoms with E-state index in [2.05, 4.69) is 10.6 Å². The Labute approximate surface area is 177 Å². The maximum Gasteiger partial charge on any atom is 0.418 e. The van der Waals surface area contributed by atoms with E-state index in [9.17, 15) is 18.0 Å². The number of anilines is 1. The molecular formula is C23H20ClF3N2O. The molecule has 30 heavy (non-hydrogen) atoms. The molecule has 0 aliphatic carbocycles. The highest BCUT2D eigenvalue weighted by atomic mass is 35.5. The number of rotatable bonds is 6. The second kappa shape index (κ2) is 9.32. The normalized spacial score (nSPS) is 12.6. The van der Waals surface area contributed by atoms with Gasteiger partial charge in [-0.3, -0.25) is 10.1 Å². The number of carbonyl (C=O) groups excluding carboxylic acids is 1. The molecule has 3 rings (SSSR count). The second-order valence-electron chi connectivity index (χ2n) is 6.82. The van der Waals surface area contributed by atoms with Crippen molar-refractivity contribution in [2.45, 2.75) is 25.2 Å². The van der Waals surface area contributed by atoms with Crippen LogP contribution in [0.3, 0.4) is 0 Å². The van der Waals surface area contributed by atoms with E-state index in [1.165, 1.54) is 6.07 Å². The minimum absolute atomic E-state index is 0.0558. The van der Waals surface area contributed by atoms with Crippen molar-refractivity contribution in [2.24, 2.45) is 0 Å². The summed E-state index contributed by atoms with van der Waals surface area (Å²) in [7, 11) is 0. The zero-order valence-electron chi connectivity index (χ0n) is 16.1. The zero-order valence-corrected chi connectivity index (χ0v) is 16.8. The van der Waals surface area contributed by atoms with Gasteiger partial charge in [0.25, 0.3) is 0 Å². The summed E-state index contributed by atoms with van der Waals surface area (Å²) >= 11 is 5.70. The van der Waals surface area contributed by atoms with Gasteiger partial charge in [-0.15, -0.1) is 0 Å². The molecule has 0 aliphatic heterocycles. The van der Waals surface area contributed by atoms with Crippen molar-refractivity contribution in [1.29, 1.82) is 0 Å². The number of benzene rings is 3. The van der Waals surface area contributed by atoms with Gasteiger partial charge in [0.2, 0.25) is 5.91 Å². The molecule has 2 N–H and O–H groups in total. The Hall–Kier alpha value is -2.83. The molecule has 3 aromatic rings. The van der Waals surface area contributed by atoms with Crippen molar-refractivity contribution in [3.63, 3.8) is 0 Å². The molecule has 0 bridgehead atoms. The zero-order chi connectivity index (χ0) is 21.7. The van der Waals surface area contributed by atoms with Crippen LogP contribution in [0, 0.1) is 0 Å². The summed E-state index contributed by atoms with van der Waals surface area (Å²) in [5.74, 6) is -0.584. The summed E-state index contributed by atoms with van der Waals surface area (Å²) in [4.78, 5) is 12.7. The topological polar surface area (TPSA) is 41.1 Å². The van der Waals surface area contributed by atoms with Gasteiger partial charge in [-0.2, -0.15) is 13.2 Å². The lowest BCUT2D eigenvalue weighted by molar-refractivity contribution is -0.137. The summed E-state index contributed by atoms with van der Waals surface area (Å²) in [5.41, 5.74) is 0.552. The lowest BCUT2D eigenvalue weighted by atomic mass is 9.98.